The first-order valence-electron chi connectivity index (χ1n) is 10.4. The first-order valence-corrected chi connectivity index (χ1v) is 10.4. The molecule has 5 nitrogen and oxygen atoms in total. The topological polar surface area (TPSA) is 65.0 Å². The van der Waals surface area contributed by atoms with Gasteiger partial charge in [0.15, 0.2) is 18.1 Å². The molecule has 0 aliphatic carbocycles. The highest BCUT2D eigenvalue weighted by molar-refractivity contribution is 5.68. The lowest BCUT2D eigenvalue weighted by Gasteiger charge is -2.31. The SMILES string of the molecule is CC(OCCC1COc2c(OCC(=O)O)cccc21)(c1ccccc1)c1ccccc1. The lowest BCUT2D eigenvalue weighted by molar-refractivity contribution is -0.139. The van der Waals surface area contributed by atoms with E-state index >= 15 is 0 Å². The number of rotatable bonds is 9. The second kappa shape index (κ2) is 9.23. The zero-order chi connectivity index (χ0) is 21.7. The molecule has 160 valence electrons. The Balaban J connectivity index is 1.48. The maximum absolute atomic E-state index is 10.8. The van der Waals surface area contributed by atoms with Gasteiger partial charge in [-0.15, -0.1) is 0 Å². The van der Waals surface area contributed by atoms with Crippen LogP contribution in [0.25, 0.3) is 0 Å². The lowest BCUT2D eigenvalue weighted by atomic mass is 9.88. The number of fused-ring (bicyclic) bond motifs is 1. The van der Waals surface area contributed by atoms with Crippen LogP contribution in [0.3, 0.4) is 0 Å². The molecule has 0 radical (unpaired) electrons. The summed E-state index contributed by atoms with van der Waals surface area (Å²) in [6.45, 7) is 2.79. The predicted octanol–water partition coefficient (Wildman–Crippen LogP) is 5.00. The standard InChI is InChI=1S/C26H26O5/c1-26(20-9-4-2-5-10-20,21-11-6-3-7-12-21)31-16-15-19-17-30-25-22(19)13-8-14-23(25)29-18-24(27)28/h2-14,19H,15-18H2,1H3,(H,27,28). The Kier molecular flexibility index (Phi) is 6.23. The van der Waals surface area contributed by atoms with Crippen LogP contribution in [0.1, 0.15) is 36.0 Å². The minimum atomic E-state index is -1.01. The van der Waals surface area contributed by atoms with E-state index in [-0.39, 0.29) is 12.5 Å². The molecule has 1 unspecified atom stereocenters. The summed E-state index contributed by atoms with van der Waals surface area (Å²) in [5.74, 6) is 0.269. The number of benzene rings is 3. The quantitative estimate of drug-likeness (QED) is 0.530. The third kappa shape index (κ3) is 4.57. The van der Waals surface area contributed by atoms with Crippen molar-refractivity contribution in [3.63, 3.8) is 0 Å². The molecule has 1 aliphatic rings. The average Bonchev–Trinajstić information content (AvgIpc) is 3.22. The Morgan fingerprint density at radius 1 is 1.00 bits per heavy atom. The summed E-state index contributed by atoms with van der Waals surface area (Å²) in [6, 6.07) is 26.1. The first-order chi connectivity index (χ1) is 15.1. The highest BCUT2D eigenvalue weighted by atomic mass is 16.5. The Morgan fingerprint density at radius 3 is 2.26 bits per heavy atom. The normalized spacial score (nSPS) is 15.2. The van der Waals surface area contributed by atoms with E-state index in [1.54, 1.807) is 6.07 Å². The zero-order valence-electron chi connectivity index (χ0n) is 17.5. The number of hydrogen-bond donors (Lipinski definition) is 1. The van der Waals surface area contributed by atoms with Gasteiger partial charge in [-0.05, 0) is 30.5 Å². The Hall–Kier alpha value is -3.31. The number of hydrogen-bond acceptors (Lipinski definition) is 4. The third-order valence-electron chi connectivity index (χ3n) is 5.74. The molecule has 3 aromatic rings. The summed E-state index contributed by atoms with van der Waals surface area (Å²) < 4.78 is 17.8. The van der Waals surface area contributed by atoms with Gasteiger partial charge >= 0.3 is 5.97 Å². The summed E-state index contributed by atoms with van der Waals surface area (Å²) >= 11 is 0. The van der Waals surface area contributed by atoms with Crippen molar-refractivity contribution in [2.75, 3.05) is 19.8 Å². The molecule has 0 spiro atoms. The van der Waals surface area contributed by atoms with Gasteiger partial charge in [0.05, 0.1) is 6.61 Å². The van der Waals surface area contributed by atoms with Crippen molar-refractivity contribution >= 4 is 5.97 Å². The minimum absolute atomic E-state index is 0.166. The molecule has 0 saturated heterocycles. The molecule has 1 aliphatic heterocycles. The molecule has 3 aromatic carbocycles. The second-order valence-corrected chi connectivity index (χ2v) is 7.77. The molecule has 0 fully saturated rings. The van der Waals surface area contributed by atoms with E-state index in [1.807, 2.05) is 48.5 Å². The number of carboxylic acids is 1. The molecule has 1 heterocycles. The zero-order valence-corrected chi connectivity index (χ0v) is 17.5. The van der Waals surface area contributed by atoms with Crippen LogP contribution in [-0.2, 0) is 15.1 Å². The summed E-state index contributed by atoms with van der Waals surface area (Å²) in [5, 5.41) is 8.87. The van der Waals surface area contributed by atoms with Crippen LogP contribution in [0.15, 0.2) is 78.9 Å². The molecule has 0 saturated carbocycles. The monoisotopic (exact) mass is 418 g/mol. The highest BCUT2D eigenvalue weighted by Crippen LogP contribution is 2.43. The number of carboxylic acid groups (broad SMARTS) is 1. The summed E-state index contributed by atoms with van der Waals surface area (Å²) in [5.41, 5.74) is 2.69. The van der Waals surface area contributed by atoms with Gasteiger partial charge in [-0.3, -0.25) is 0 Å². The molecule has 4 rings (SSSR count). The van der Waals surface area contributed by atoms with Crippen LogP contribution in [-0.4, -0.2) is 30.9 Å². The molecule has 1 N–H and O–H groups in total. The molecule has 0 aromatic heterocycles. The molecule has 5 heteroatoms. The van der Waals surface area contributed by atoms with Crippen LogP contribution in [0, 0.1) is 0 Å². The van der Waals surface area contributed by atoms with Gasteiger partial charge in [0, 0.05) is 18.1 Å². The van der Waals surface area contributed by atoms with Gasteiger partial charge in [-0.25, -0.2) is 4.79 Å². The van der Waals surface area contributed by atoms with Gasteiger partial charge in [-0.2, -0.15) is 0 Å². The van der Waals surface area contributed by atoms with Gasteiger partial charge in [0.2, 0.25) is 0 Å². The van der Waals surface area contributed by atoms with E-state index in [0.29, 0.717) is 24.7 Å². The first kappa shape index (κ1) is 20.9. The number of aliphatic carboxylic acids is 1. The van der Waals surface area contributed by atoms with Crippen molar-refractivity contribution < 1.29 is 24.1 Å². The minimum Gasteiger partial charge on any atom is -0.489 e. The predicted molar refractivity (Wildman–Crippen MR) is 118 cm³/mol. The fraction of sp³-hybridized carbons (Fsp3) is 0.269. The van der Waals surface area contributed by atoms with Crippen molar-refractivity contribution in [3.8, 4) is 11.5 Å². The second-order valence-electron chi connectivity index (χ2n) is 7.77. The van der Waals surface area contributed by atoms with E-state index in [9.17, 15) is 4.79 Å². The van der Waals surface area contributed by atoms with Crippen molar-refractivity contribution in [1.82, 2.24) is 0 Å². The Labute approximate surface area is 182 Å². The van der Waals surface area contributed by atoms with E-state index in [2.05, 4.69) is 31.2 Å². The maximum atomic E-state index is 10.8. The van der Waals surface area contributed by atoms with Gasteiger partial charge in [-0.1, -0.05) is 72.8 Å². The fourth-order valence-corrected chi connectivity index (χ4v) is 4.03. The summed E-state index contributed by atoms with van der Waals surface area (Å²) in [4.78, 5) is 10.8. The van der Waals surface area contributed by atoms with Gasteiger partial charge in [0.25, 0.3) is 0 Å². The van der Waals surface area contributed by atoms with Crippen molar-refractivity contribution in [2.24, 2.45) is 0 Å². The molecular weight excluding hydrogens is 392 g/mol. The molecule has 31 heavy (non-hydrogen) atoms. The Bertz CT molecular complexity index is 977. The molecular formula is C26H26O5. The van der Waals surface area contributed by atoms with Crippen molar-refractivity contribution in [1.29, 1.82) is 0 Å². The number of ether oxygens (including phenoxy) is 3. The largest absolute Gasteiger partial charge is 0.489 e. The lowest BCUT2D eigenvalue weighted by Crippen LogP contribution is -2.28. The molecule has 1 atom stereocenters. The molecule has 0 amide bonds. The number of para-hydroxylation sites is 1. The van der Waals surface area contributed by atoms with Crippen LogP contribution in [0.2, 0.25) is 0 Å². The Morgan fingerprint density at radius 2 is 1.65 bits per heavy atom. The van der Waals surface area contributed by atoms with E-state index in [1.165, 1.54) is 0 Å². The van der Waals surface area contributed by atoms with Gasteiger partial charge < -0.3 is 19.3 Å². The van der Waals surface area contributed by atoms with E-state index in [4.69, 9.17) is 19.3 Å². The summed E-state index contributed by atoms with van der Waals surface area (Å²) in [6.07, 6.45) is 0.782. The van der Waals surface area contributed by atoms with Crippen LogP contribution in [0.4, 0.5) is 0 Å². The van der Waals surface area contributed by atoms with E-state index < -0.39 is 11.6 Å². The van der Waals surface area contributed by atoms with Crippen LogP contribution in [0.5, 0.6) is 11.5 Å². The molecule has 0 bridgehead atoms. The smallest absolute Gasteiger partial charge is 0.341 e. The fourth-order valence-electron chi connectivity index (χ4n) is 4.03. The average molecular weight is 418 g/mol. The van der Waals surface area contributed by atoms with Crippen molar-refractivity contribution in [2.45, 2.75) is 24.9 Å². The van der Waals surface area contributed by atoms with Crippen LogP contribution >= 0.6 is 0 Å². The summed E-state index contributed by atoms with van der Waals surface area (Å²) in [7, 11) is 0. The third-order valence-corrected chi connectivity index (χ3v) is 5.74. The van der Waals surface area contributed by atoms with Crippen LogP contribution < -0.4 is 9.47 Å². The maximum Gasteiger partial charge on any atom is 0.341 e. The van der Waals surface area contributed by atoms with Gasteiger partial charge in [0.1, 0.15) is 5.60 Å². The van der Waals surface area contributed by atoms with Crippen molar-refractivity contribution in [3.05, 3.63) is 95.6 Å². The highest BCUT2D eigenvalue weighted by Gasteiger charge is 2.32. The number of carbonyl (C=O) groups is 1. The van der Waals surface area contributed by atoms with E-state index in [0.717, 1.165) is 23.1 Å².